The number of anilines is 1. The highest BCUT2D eigenvalue weighted by Crippen LogP contribution is 2.30. The molecule has 9 heteroatoms. The maximum absolute atomic E-state index is 12.7. The first-order valence-corrected chi connectivity index (χ1v) is 9.07. The van der Waals surface area contributed by atoms with E-state index in [1.165, 1.54) is 7.11 Å². The summed E-state index contributed by atoms with van der Waals surface area (Å²) in [7, 11) is 5.02. The Kier molecular flexibility index (Phi) is 6.15. The Labute approximate surface area is 163 Å². The highest BCUT2D eigenvalue weighted by Gasteiger charge is 2.24. The first-order chi connectivity index (χ1) is 13.5. The molecule has 1 aromatic carbocycles. The number of nitrogens with zero attached hydrogens (tertiary/aromatic N) is 2. The van der Waals surface area contributed by atoms with Gasteiger partial charge in [0.1, 0.15) is 6.04 Å². The van der Waals surface area contributed by atoms with E-state index in [4.69, 9.17) is 9.47 Å². The molecule has 0 radical (unpaired) electrons. The lowest BCUT2D eigenvalue weighted by Crippen LogP contribution is -2.31. The van der Waals surface area contributed by atoms with Gasteiger partial charge in [-0.2, -0.15) is 5.10 Å². The minimum Gasteiger partial charge on any atom is -0.493 e. The number of carbonyl (C=O) groups excluding carboxylic acids is 2. The quantitative estimate of drug-likeness (QED) is 0.592. The minimum absolute atomic E-state index is 0.112. The highest BCUT2D eigenvalue weighted by molar-refractivity contribution is 5.95. The van der Waals surface area contributed by atoms with Crippen molar-refractivity contribution in [2.45, 2.75) is 24.9 Å². The molecule has 150 valence electrons. The van der Waals surface area contributed by atoms with Gasteiger partial charge < -0.3 is 25.4 Å². The Balaban J connectivity index is 1.67. The van der Waals surface area contributed by atoms with Crippen LogP contribution in [-0.4, -0.2) is 48.4 Å². The van der Waals surface area contributed by atoms with Gasteiger partial charge in [-0.05, 0) is 32.0 Å². The monoisotopic (exact) mass is 387 g/mol. The van der Waals surface area contributed by atoms with Crippen LogP contribution in [0, 0.1) is 0 Å². The molecule has 9 nitrogen and oxygen atoms in total. The van der Waals surface area contributed by atoms with Gasteiger partial charge in [0, 0.05) is 36.6 Å². The molecule has 1 unspecified atom stereocenters. The number of aryl methyl sites for hydroxylation is 1. The second kappa shape index (κ2) is 8.75. The molecule has 1 saturated carbocycles. The molecule has 1 aliphatic rings. The molecule has 1 aromatic heterocycles. The third kappa shape index (κ3) is 5.01. The highest BCUT2D eigenvalue weighted by atomic mass is 16.5. The Morgan fingerprint density at radius 2 is 2.11 bits per heavy atom. The van der Waals surface area contributed by atoms with Crippen LogP contribution in [0.3, 0.4) is 0 Å². The van der Waals surface area contributed by atoms with Crippen molar-refractivity contribution in [2.24, 2.45) is 7.05 Å². The molecule has 1 aliphatic carbocycles. The summed E-state index contributed by atoms with van der Waals surface area (Å²) in [6.45, 7) is -0.112. The number of methoxy groups -OCH3 is 1. The molecule has 28 heavy (non-hydrogen) atoms. The third-order valence-corrected chi connectivity index (χ3v) is 4.34. The van der Waals surface area contributed by atoms with E-state index in [1.54, 1.807) is 49.4 Å². The van der Waals surface area contributed by atoms with E-state index in [1.807, 2.05) is 0 Å². The van der Waals surface area contributed by atoms with Crippen molar-refractivity contribution in [3.05, 3.63) is 36.2 Å². The average Bonchev–Trinajstić information content (AvgIpc) is 3.39. The van der Waals surface area contributed by atoms with Gasteiger partial charge in [0.25, 0.3) is 5.91 Å². The van der Waals surface area contributed by atoms with Crippen LogP contribution in [0.25, 0.3) is 0 Å². The van der Waals surface area contributed by atoms with Crippen LogP contribution in [0.5, 0.6) is 11.5 Å². The average molecular weight is 387 g/mol. The summed E-state index contributed by atoms with van der Waals surface area (Å²) in [6.07, 6.45) is 5.45. The third-order valence-electron chi connectivity index (χ3n) is 4.34. The van der Waals surface area contributed by atoms with Crippen molar-refractivity contribution in [3.8, 4) is 11.5 Å². The Morgan fingerprint density at radius 1 is 1.32 bits per heavy atom. The number of likely N-dealkylation sites (N-methyl/N-ethyl adjacent to an activating group) is 1. The van der Waals surface area contributed by atoms with Gasteiger partial charge in [-0.25, -0.2) is 0 Å². The first kappa shape index (κ1) is 19.7. The van der Waals surface area contributed by atoms with Gasteiger partial charge in [0.05, 0.1) is 13.3 Å². The number of rotatable bonds is 9. The summed E-state index contributed by atoms with van der Waals surface area (Å²) >= 11 is 0. The normalized spacial score (nSPS) is 14.2. The maximum atomic E-state index is 12.7. The summed E-state index contributed by atoms with van der Waals surface area (Å²) in [5.41, 5.74) is 1.29. The van der Waals surface area contributed by atoms with Gasteiger partial charge in [-0.3, -0.25) is 14.3 Å². The van der Waals surface area contributed by atoms with Gasteiger partial charge >= 0.3 is 0 Å². The number of hydrogen-bond acceptors (Lipinski definition) is 6. The predicted octanol–water partition coefficient (Wildman–Crippen LogP) is 0.985. The summed E-state index contributed by atoms with van der Waals surface area (Å²) in [4.78, 5) is 24.5. The summed E-state index contributed by atoms with van der Waals surface area (Å²) in [6, 6.07) is 4.75. The fourth-order valence-corrected chi connectivity index (χ4v) is 2.76. The van der Waals surface area contributed by atoms with E-state index >= 15 is 0 Å². The fraction of sp³-hybridized carbons (Fsp3) is 0.421. The molecular weight excluding hydrogens is 362 g/mol. The zero-order chi connectivity index (χ0) is 20.1. The molecule has 0 saturated heterocycles. The number of nitrogens with one attached hydrogen (secondary N) is 3. The summed E-state index contributed by atoms with van der Waals surface area (Å²) < 4.78 is 12.5. The van der Waals surface area contributed by atoms with Crippen LogP contribution in [-0.2, 0) is 16.6 Å². The van der Waals surface area contributed by atoms with Gasteiger partial charge in [0.15, 0.2) is 18.1 Å². The maximum Gasteiger partial charge on any atom is 0.258 e. The number of benzene rings is 1. The number of aromatic nitrogens is 2. The van der Waals surface area contributed by atoms with Crippen LogP contribution >= 0.6 is 0 Å². The molecule has 0 bridgehead atoms. The lowest BCUT2D eigenvalue weighted by atomic mass is 10.1. The van der Waals surface area contributed by atoms with Gasteiger partial charge in [-0.1, -0.05) is 0 Å². The summed E-state index contributed by atoms with van der Waals surface area (Å²) in [5.74, 6) is 0.451. The van der Waals surface area contributed by atoms with Crippen LogP contribution in [0.4, 0.5) is 5.69 Å². The van der Waals surface area contributed by atoms with Gasteiger partial charge in [0.2, 0.25) is 5.91 Å². The molecule has 3 rings (SSSR count). The molecule has 1 fully saturated rings. The Hall–Kier alpha value is -3.07. The van der Waals surface area contributed by atoms with Crippen molar-refractivity contribution >= 4 is 17.5 Å². The smallest absolute Gasteiger partial charge is 0.258 e. The molecule has 0 aliphatic heterocycles. The van der Waals surface area contributed by atoms with E-state index in [2.05, 4.69) is 21.0 Å². The Morgan fingerprint density at radius 3 is 2.71 bits per heavy atom. The van der Waals surface area contributed by atoms with E-state index in [9.17, 15) is 9.59 Å². The first-order valence-electron chi connectivity index (χ1n) is 9.07. The van der Waals surface area contributed by atoms with Crippen LogP contribution in [0.15, 0.2) is 30.6 Å². The van der Waals surface area contributed by atoms with E-state index in [-0.39, 0.29) is 24.5 Å². The zero-order valence-electron chi connectivity index (χ0n) is 16.2. The Bertz CT molecular complexity index is 847. The molecule has 2 amide bonds. The van der Waals surface area contributed by atoms with E-state index in [0.29, 0.717) is 17.2 Å². The standard InChI is InChI=1S/C19H25N5O4/c1-20-18(12-9-21-24(2)10-12)19(26)23-14-6-7-15(27-3)16(8-14)28-11-17(25)22-13-4-5-13/h6-10,13,18,20H,4-5,11H2,1-3H3,(H,22,25)(H,23,26). The SMILES string of the molecule is CNC(C(=O)Nc1ccc(OC)c(OCC(=O)NC2CC2)c1)c1cnn(C)c1. The number of carbonyl (C=O) groups is 2. The number of ether oxygens (including phenoxy) is 2. The number of amides is 2. The summed E-state index contributed by atoms with van der Waals surface area (Å²) in [5, 5.41) is 12.8. The second-order valence-corrected chi connectivity index (χ2v) is 6.65. The van der Waals surface area contributed by atoms with E-state index < -0.39 is 6.04 Å². The van der Waals surface area contributed by atoms with E-state index in [0.717, 1.165) is 18.4 Å². The van der Waals surface area contributed by atoms with Crippen molar-refractivity contribution in [2.75, 3.05) is 26.1 Å². The largest absolute Gasteiger partial charge is 0.493 e. The number of hydrogen-bond donors (Lipinski definition) is 3. The van der Waals surface area contributed by atoms with Crippen molar-refractivity contribution in [1.29, 1.82) is 0 Å². The molecule has 0 spiro atoms. The predicted molar refractivity (Wildman–Crippen MR) is 103 cm³/mol. The van der Waals surface area contributed by atoms with Crippen LogP contribution in [0.1, 0.15) is 24.4 Å². The topological polar surface area (TPSA) is 107 Å². The van der Waals surface area contributed by atoms with Crippen molar-refractivity contribution < 1.29 is 19.1 Å². The molecular formula is C19H25N5O4. The second-order valence-electron chi connectivity index (χ2n) is 6.65. The van der Waals surface area contributed by atoms with Crippen LogP contribution < -0.4 is 25.4 Å². The van der Waals surface area contributed by atoms with Gasteiger partial charge in [-0.15, -0.1) is 0 Å². The lowest BCUT2D eigenvalue weighted by molar-refractivity contribution is -0.123. The molecule has 1 atom stereocenters. The van der Waals surface area contributed by atoms with Crippen LogP contribution in [0.2, 0.25) is 0 Å². The van der Waals surface area contributed by atoms with Crippen molar-refractivity contribution in [1.82, 2.24) is 20.4 Å². The molecule has 3 N–H and O–H groups in total. The lowest BCUT2D eigenvalue weighted by Gasteiger charge is -2.16. The fourth-order valence-electron chi connectivity index (χ4n) is 2.76. The molecule has 1 heterocycles. The zero-order valence-corrected chi connectivity index (χ0v) is 16.2. The van der Waals surface area contributed by atoms with Crippen molar-refractivity contribution in [3.63, 3.8) is 0 Å². The molecule has 2 aromatic rings. The minimum atomic E-state index is -0.551.